The molecule has 1 heterocycles. The first kappa shape index (κ1) is 13.2. The van der Waals surface area contributed by atoms with Crippen LogP contribution in [0.4, 0.5) is 17.1 Å². The van der Waals surface area contributed by atoms with Crippen LogP contribution in [-0.4, -0.2) is 4.98 Å². The third-order valence-electron chi connectivity index (χ3n) is 3.17. The molecule has 1 aromatic heterocycles. The molecule has 0 fully saturated rings. The van der Waals surface area contributed by atoms with Crippen molar-refractivity contribution in [1.82, 2.24) is 4.98 Å². The summed E-state index contributed by atoms with van der Waals surface area (Å²) in [5.74, 6) is 0. The van der Waals surface area contributed by atoms with Gasteiger partial charge in [0.2, 0.25) is 0 Å². The van der Waals surface area contributed by atoms with E-state index in [1.807, 2.05) is 18.2 Å². The Kier molecular flexibility index (Phi) is 3.35. The van der Waals surface area contributed by atoms with Crippen molar-refractivity contribution >= 4 is 39.6 Å². The molecule has 0 bridgehead atoms. The van der Waals surface area contributed by atoms with Gasteiger partial charge in [-0.3, -0.25) is 4.98 Å². The van der Waals surface area contributed by atoms with Gasteiger partial charge in [-0.25, -0.2) is 0 Å². The second-order valence-electron chi connectivity index (χ2n) is 4.53. The molecule has 0 amide bonds. The number of benzene rings is 2. The molecule has 3 rings (SSSR count). The average Bonchev–Trinajstić information content (AvgIpc) is 2.51. The smallest absolute Gasteiger partial charge is 0.101 e. The second-order valence-corrected chi connectivity index (χ2v) is 4.97. The number of anilines is 3. The molecular formula is C16H11ClN4. The molecule has 21 heavy (non-hydrogen) atoms. The largest absolute Gasteiger partial charge is 0.397 e. The number of fused-ring (bicyclic) bond motifs is 1. The Hall–Kier alpha value is -2.77. The maximum absolute atomic E-state index is 9.18. The van der Waals surface area contributed by atoms with Gasteiger partial charge in [-0.2, -0.15) is 5.26 Å². The van der Waals surface area contributed by atoms with Gasteiger partial charge in [-0.1, -0.05) is 11.6 Å². The van der Waals surface area contributed by atoms with Crippen LogP contribution in [0.3, 0.4) is 0 Å². The van der Waals surface area contributed by atoms with Gasteiger partial charge in [0.05, 0.1) is 22.5 Å². The molecule has 0 atom stereocenters. The van der Waals surface area contributed by atoms with E-state index in [0.29, 0.717) is 22.0 Å². The number of nitrogen functional groups attached to an aromatic ring is 1. The Bertz CT molecular complexity index is 868. The van der Waals surface area contributed by atoms with E-state index in [4.69, 9.17) is 17.3 Å². The first-order valence-corrected chi connectivity index (χ1v) is 6.67. The first-order chi connectivity index (χ1) is 10.2. The van der Waals surface area contributed by atoms with E-state index in [2.05, 4.69) is 16.4 Å². The number of nitrogens with zero attached hydrogens (tertiary/aromatic N) is 2. The quantitative estimate of drug-likeness (QED) is 0.698. The van der Waals surface area contributed by atoms with Gasteiger partial charge >= 0.3 is 0 Å². The summed E-state index contributed by atoms with van der Waals surface area (Å²) in [6, 6.07) is 14.7. The van der Waals surface area contributed by atoms with E-state index in [9.17, 15) is 5.26 Å². The summed E-state index contributed by atoms with van der Waals surface area (Å²) in [5, 5.41) is 13.9. The number of rotatable bonds is 2. The summed E-state index contributed by atoms with van der Waals surface area (Å²) >= 11 is 6.00. The van der Waals surface area contributed by atoms with E-state index in [-0.39, 0.29) is 0 Å². The topological polar surface area (TPSA) is 74.7 Å². The minimum atomic E-state index is 0.522. The van der Waals surface area contributed by atoms with Gasteiger partial charge in [0.25, 0.3) is 0 Å². The Labute approximate surface area is 126 Å². The molecule has 0 spiro atoms. The molecule has 0 aliphatic rings. The predicted molar refractivity (Wildman–Crippen MR) is 85.6 cm³/mol. The third-order valence-corrected chi connectivity index (χ3v) is 3.41. The van der Waals surface area contributed by atoms with Crippen LogP contribution in [0.1, 0.15) is 5.56 Å². The van der Waals surface area contributed by atoms with E-state index in [1.165, 1.54) is 0 Å². The van der Waals surface area contributed by atoms with Crippen LogP contribution in [0, 0.1) is 11.3 Å². The van der Waals surface area contributed by atoms with Crippen molar-refractivity contribution in [2.24, 2.45) is 0 Å². The van der Waals surface area contributed by atoms with E-state index in [1.54, 1.807) is 30.5 Å². The van der Waals surface area contributed by atoms with Crippen LogP contribution >= 0.6 is 11.6 Å². The van der Waals surface area contributed by atoms with Crippen molar-refractivity contribution in [3.63, 3.8) is 0 Å². The average molecular weight is 295 g/mol. The fraction of sp³-hybridized carbons (Fsp3) is 0. The molecule has 4 nitrogen and oxygen atoms in total. The normalized spacial score (nSPS) is 10.3. The van der Waals surface area contributed by atoms with Crippen molar-refractivity contribution in [3.05, 3.63) is 59.2 Å². The van der Waals surface area contributed by atoms with Gasteiger partial charge in [0, 0.05) is 22.3 Å². The zero-order valence-corrected chi connectivity index (χ0v) is 11.7. The Balaban J connectivity index is 2.13. The lowest BCUT2D eigenvalue weighted by atomic mass is 10.1. The molecule has 0 radical (unpaired) electrons. The summed E-state index contributed by atoms with van der Waals surface area (Å²) in [6.07, 6.45) is 1.70. The third kappa shape index (κ3) is 2.47. The van der Waals surface area contributed by atoms with Crippen molar-refractivity contribution < 1.29 is 0 Å². The van der Waals surface area contributed by atoms with Gasteiger partial charge in [0.1, 0.15) is 6.07 Å². The van der Waals surface area contributed by atoms with E-state index < -0.39 is 0 Å². The van der Waals surface area contributed by atoms with E-state index >= 15 is 0 Å². The highest BCUT2D eigenvalue weighted by Gasteiger charge is 2.08. The fourth-order valence-corrected chi connectivity index (χ4v) is 2.34. The number of hydrogen-bond acceptors (Lipinski definition) is 4. The number of nitrogens with two attached hydrogens (primary N) is 1. The molecule has 0 saturated carbocycles. The summed E-state index contributed by atoms with van der Waals surface area (Å²) in [7, 11) is 0. The number of pyridine rings is 1. The lowest BCUT2D eigenvalue weighted by Crippen LogP contribution is -1.97. The van der Waals surface area contributed by atoms with Crippen molar-refractivity contribution in [1.29, 1.82) is 5.26 Å². The number of nitrogens with one attached hydrogen (secondary N) is 1. The molecule has 102 valence electrons. The van der Waals surface area contributed by atoms with E-state index in [0.717, 1.165) is 16.6 Å². The maximum atomic E-state index is 9.18. The van der Waals surface area contributed by atoms with Crippen molar-refractivity contribution in [2.75, 3.05) is 11.1 Å². The highest BCUT2D eigenvalue weighted by molar-refractivity contribution is 6.31. The zero-order chi connectivity index (χ0) is 14.8. The van der Waals surface area contributed by atoms with Crippen LogP contribution in [0.2, 0.25) is 5.02 Å². The van der Waals surface area contributed by atoms with Gasteiger partial charge in [-0.15, -0.1) is 0 Å². The molecule has 0 saturated heterocycles. The monoisotopic (exact) mass is 294 g/mol. The standard InChI is InChI=1S/C16H11ClN4/c17-11-4-3-10(9-18)15(8-11)21-14-6-5-13(19)16-12(14)2-1-7-20-16/h1-8,21H,19H2. The van der Waals surface area contributed by atoms with Crippen LogP contribution < -0.4 is 11.1 Å². The molecular weight excluding hydrogens is 284 g/mol. The minimum Gasteiger partial charge on any atom is -0.397 e. The minimum absolute atomic E-state index is 0.522. The molecule has 0 aliphatic heterocycles. The van der Waals surface area contributed by atoms with Gasteiger partial charge in [0.15, 0.2) is 0 Å². The SMILES string of the molecule is N#Cc1ccc(Cl)cc1Nc1ccc(N)c2ncccc12. The number of halogens is 1. The highest BCUT2D eigenvalue weighted by atomic mass is 35.5. The number of hydrogen-bond donors (Lipinski definition) is 2. The number of nitriles is 1. The van der Waals surface area contributed by atoms with Crippen LogP contribution in [-0.2, 0) is 0 Å². The van der Waals surface area contributed by atoms with Crippen molar-refractivity contribution in [2.45, 2.75) is 0 Å². The van der Waals surface area contributed by atoms with Crippen molar-refractivity contribution in [3.8, 4) is 6.07 Å². The highest BCUT2D eigenvalue weighted by Crippen LogP contribution is 2.31. The van der Waals surface area contributed by atoms with Crippen LogP contribution in [0.25, 0.3) is 10.9 Å². The summed E-state index contributed by atoms with van der Waals surface area (Å²) in [4.78, 5) is 4.29. The Morgan fingerprint density at radius 1 is 1.14 bits per heavy atom. The summed E-state index contributed by atoms with van der Waals surface area (Å²) in [5.41, 5.74) is 9.27. The lowest BCUT2D eigenvalue weighted by Gasteiger charge is -2.12. The fourth-order valence-electron chi connectivity index (χ4n) is 2.17. The molecule has 0 unspecified atom stereocenters. The van der Waals surface area contributed by atoms with Crippen LogP contribution in [0.5, 0.6) is 0 Å². The summed E-state index contributed by atoms with van der Waals surface area (Å²) in [6.45, 7) is 0. The molecule has 5 heteroatoms. The lowest BCUT2D eigenvalue weighted by molar-refractivity contribution is 1.41. The Morgan fingerprint density at radius 3 is 2.81 bits per heavy atom. The first-order valence-electron chi connectivity index (χ1n) is 6.29. The van der Waals surface area contributed by atoms with Gasteiger partial charge in [-0.05, 0) is 42.5 Å². The molecule has 0 aliphatic carbocycles. The molecule has 3 aromatic rings. The maximum Gasteiger partial charge on any atom is 0.101 e. The zero-order valence-electron chi connectivity index (χ0n) is 11.0. The number of aromatic nitrogens is 1. The second kappa shape index (κ2) is 5.31. The van der Waals surface area contributed by atoms with Gasteiger partial charge < -0.3 is 11.1 Å². The summed E-state index contributed by atoms with van der Waals surface area (Å²) < 4.78 is 0. The molecule has 2 aromatic carbocycles. The Morgan fingerprint density at radius 2 is 2.00 bits per heavy atom. The van der Waals surface area contributed by atoms with Crippen LogP contribution in [0.15, 0.2) is 48.7 Å². The molecule has 3 N–H and O–H groups in total. The predicted octanol–water partition coefficient (Wildman–Crippen LogP) is 4.09.